The van der Waals surface area contributed by atoms with Gasteiger partial charge in [-0.15, -0.1) is 11.3 Å². The molecule has 1 aliphatic heterocycles. The Morgan fingerprint density at radius 1 is 1.17 bits per heavy atom. The van der Waals surface area contributed by atoms with E-state index in [0.717, 1.165) is 60.3 Å². The number of thiazole rings is 1. The van der Waals surface area contributed by atoms with Gasteiger partial charge in [0.25, 0.3) is 0 Å². The molecule has 0 saturated carbocycles. The SMILES string of the molecule is CC(C)Nc1nc(-c2ccc3ccc(OCCN4CCOCC4)c(Cl)c3n2)cs1. The fourth-order valence-electron chi connectivity index (χ4n) is 3.20. The topological polar surface area (TPSA) is 59.5 Å². The predicted molar refractivity (Wildman–Crippen MR) is 119 cm³/mol. The summed E-state index contributed by atoms with van der Waals surface area (Å²) in [5, 5.41) is 7.75. The summed E-state index contributed by atoms with van der Waals surface area (Å²) in [6.45, 7) is 9.09. The highest BCUT2D eigenvalue weighted by Gasteiger charge is 2.14. The lowest BCUT2D eigenvalue weighted by atomic mass is 10.2. The molecule has 0 aliphatic carbocycles. The van der Waals surface area contributed by atoms with Gasteiger partial charge >= 0.3 is 0 Å². The molecule has 1 aliphatic rings. The number of nitrogens with one attached hydrogen (secondary N) is 1. The number of anilines is 1. The zero-order valence-electron chi connectivity index (χ0n) is 16.7. The first-order chi connectivity index (χ1) is 14.1. The minimum atomic E-state index is 0.338. The summed E-state index contributed by atoms with van der Waals surface area (Å²) in [5.41, 5.74) is 2.38. The molecule has 0 bridgehead atoms. The number of benzene rings is 1. The maximum atomic E-state index is 6.65. The van der Waals surface area contributed by atoms with Crippen LogP contribution in [0.15, 0.2) is 29.6 Å². The molecule has 0 spiro atoms. The van der Waals surface area contributed by atoms with Crippen LogP contribution in [0, 0.1) is 0 Å². The summed E-state index contributed by atoms with van der Waals surface area (Å²) in [4.78, 5) is 11.7. The second kappa shape index (κ2) is 9.26. The van der Waals surface area contributed by atoms with Gasteiger partial charge in [-0.1, -0.05) is 17.7 Å². The number of ether oxygens (including phenoxy) is 2. The lowest BCUT2D eigenvalue weighted by molar-refractivity contribution is 0.0322. The molecule has 8 heteroatoms. The van der Waals surface area contributed by atoms with Crippen molar-refractivity contribution in [1.82, 2.24) is 14.9 Å². The van der Waals surface area contributed by atoms with E-state index in [1.165, 1.54) is 0 Å². The molecule has 1 aromatic carbocycles. The Hall–Kier alpha value is -1.93. The zero-order chi connectivity index (χ0) is 20.2. The van der Waals surface area contributed by atoms with Crippen LogP contribution in [0.25, 0.3) is 22.3 Å². The molecular formula is C21H25ClN4O2S. The van der Waals surface area contributed by atoms with Gasteiger partial charge in [0.2, 0.25) is 0 Å². The number of hydrogen-bond acceptors (Lipinski definition) is 7. The predicted octanol–water partition coefficient (Wildman–Crippen LogP) is 4.54. The zero-order valence-corrected chi connectivity index (χ0v) is 18.2. The minimum Gasteiger partial charge on any atom is -0.491 e. The number of fused-ring (bicyclic) bond motifs is 1. The maximum Gasteiger partial charge on any atom is 0.183 e. The maximum absolute atomic E-state index is 6.65. The van der Waals surface area contributed by atoms with Gasteiger partial charge in [0, 0.05) is 36.4 Å². The summed E-state index contributed by atoms with van der Waals surface area (Å²) in [5.74, 6) is 0.664. The molecule has 0 unspecified atom stereocenters. The van der Waals surface area contributed by atoms with Gasteiger partial charge in [-0.25, -0.2) is 9.97 Å². The number of rotatable bonds is 7. The van der Waals surface area contributed by atoms with Crippen LogP contribution in [0.2, 0.25) is 5.02 Å². The highest BCUT2D eigenvalue weighted by atomic mass is 35.5. The van der Waals surface area contributed by atoms with Crippen molar-refractivity contribution in [3.8, 4) is 17.1 Å². The monoisotopic (exact) mass is 432 g/mol. The van der Waals surface area contributed by atoms with Gasteiger partial charge < -0.3 is 14.8 Å². The average Bonchev–Trinajstić information content (AvgIpc) is 3.18. The number of hydrogen-bond donors (Lipinski definition) is 1. The quantitative estimate of drug-likeness (QED) is 0.591. The van der Waals surface area contributed by atoms with Gasteiger partial charge in [0.15, 0.2) is 5.13 Å². The van der Waals surface area contributed by atoms with E-state index in [0.29, 0.717) is 23.4 Å². The number of pyridine rings is 1. The van der Waals surface area contributed by atoms with Crippen LogP contribution in [0.4, 0.5) is 5.13 Å². The molecule has 154 valence electrons. The first-order valence-electron chi connectivity index (χ1n) is 9.85. The van der Waals surface area contributed by atoms with Gasteiger partial charge in [-0.3, -0.25) is 4.90 Å². The molecule has 3 aromatic rings. The van der Waals surface area contributed by atoms with Crippen molar-refractivity contribution in [2.24, 2.45) is 0 Å². The van der Waals surface area contributed by atoms with Crippen molar-refractivity contribution in [3.05, 3.63) is 34.7 Å². The number of aromatic nitrogens is 2. The Bertz CT molecular complexity index is 972. The van der Waals surface area contributed by atoms with Crippen molar-refractivity contribution >= 4 is 39.0 Å². The van der Waals surface area contributed by atoms with Crippen LogP contribution in [0.1, 0.15) is 13.8 Å². The molecule has 1 N–H and O–H groups in total. The highest BCUT2D eigenvalue weighted by molar-refractivity contribution is 7.14. The molecule has 0 amide bonds. The van der Waals surface area contributed by atoms with Crippen molar-refractivity contribution in [3.63, 3.8) is 0 Å². The van der Waals surface area contributed by atoms with Crippen LogP contribution in [-0.2, 0) is 4.74 Å². The van der Waals surface area contributed by atoms with Crippen LogP contribution < -0.4 is 10.1 Å². The van der Waals surface area contributed by atoms with Gasteiger partial charge in [0.05, 0.1) is 24.4 Å². The van der Waals surface area contributed by atoms with Crippen LogP contribution >= 0.6 is 22.9 Å². The molecule has 4 rings (SSSR count). The first kappa shape index (κ1) is 20.3. The molecule has 2 aromatic heterocycles. The standard InChI is InChI=1S/C21H25ClN4O2S/c1-14(2)23-21-25-17(13-29-21)16-5-3-15-4-6-18(19(22)20(15)24-16)28-12-9-26-7-10-27-11-8-26/h3-6,13-14H,7-12H2,1-2H3,(H,23,25). The highest BCUT2D eigenvalue weighted by Crippen LogP contribution is 2.34. The smallest absolute Gasteiger partial charge is 0.183 e. The number of halogens is 1. The normalized spacial score (nSPS) is 15.2. The molecule has 3 heterocycles. The van der Waals surface area contributed by atoms with Crippen LogP contribution in [0.5, 0.6) is 5.75 Å². The number of nitrogens with zero attached hydrogens (tertiary/aromatic N) is 3. The number of morpholine rings is 1. The second-order valence-electron chi connectivity index (χ2n) is 7.29. The van der Waals surface area contributed by atoms with Crippen molar-refractivity contribution in [1.29, 1.82) is 0 Å². The third-order valence-electron chi connectivity index (χ3n) is 4.71. The third kappa shape index (κ3) is 4.98. The summed E-state index contributed by atoms with van der Waals surface area (Å²) in [7, 11) is 0. The Kier molecular flexibility index (Phi) is 6.50. The molecule has 0 radical (unpaired) electrons. The third-order valence-corrected chi connectivity index (χ3v) is 5.85. The molecule has 1 saturated heterocycles. The van der Waals surface area contributed by atoms with Gasteiger partial charge in [0.1, 0.15) is 23.1 Å². The van der Waals surface area contributed by atoms with E-state index in [1.54, 1.807) is 11.3 Å². The fourth-order valence-corrected chi connectivity index (χ4v) is 4.32. The molecule has 29 heavy (non-hydrogen) atoms. The van der Waals surface area contributed by atoms with Gasteiger partial charge in [-0.2, -0.15) is 0 Å². The van der Waals surface area contributed by atoms with Crippen molar-refractivity contribution in [2.45, 2.75) is 19.9 Å². The molecule has 0 atom stereocenters. The van der Waals surface area contributed by atoms with Crippen LogP contribution in [0.3, 0.4) is 0 Å². The summed E-state index contributed by atoms with van der Waals surface area (Å²) < 4.78 is 11.3. The average molecular weight is 433 g/mol. The van der Waals surface area contributed by atoms with Crippen molar-refractivity contribution in [2.75, 3.05) is 44.8 Å². The molecule has 1 fully saturated rings. The summed E-state index contributed by atoms with van der Waals surface area (Å²) in [6.07, 6.45) is 0. The fraction of sp³-hybridized carbons (Fsp3) is 0.429. The van der Waals surface area contributed by atoms with E-state index in [1.807, 2.05) is 29.6 Å². The van der Waals surface area contributed by atoms with E-state index in [2.05, 4.69) is 29.0 Å². The Morgan fingerprint density at radius 3 is 2.76 bits per heavy atom. The lowest BCUT2D eigenvalue weighted by Gasteiger charge is -2.26. The van der Waals surface area contributed by atoms with E-state index >= 15 is 0 Å². The Balaban J connectivity index is 1.50. The van der Waals surface area contributed by atoms with E-state index in [9.17, 15) is 0 Å². The second-order valence-corrected chi connectivity index (χ2v) is 8.52. The largest absolute Gasteiger partial charge is 0.491 e. The summed E-state index contributed by atoms with van der Waals surface area (Å²) >= 11 is 8.22. The van der Waals surface area contributed by atoms with E-state index in [-0.39, 0.29) is 0 Å². The minimum absolute atomic E-state index is 0.338. The Morgan fingerprint density at radius 2 is 1.97 bits per heavy atom. The molecule has 6 nitrogen and oxygen atoms in total. The first-order valence-corrected chi connectivity index (χ1v) is 11.1. The van der Waals surface area contributed by atoms with Crippen LogP contribution in [-0.4, -0.2) is 60.4 Å². The Labute approximate surface area is 179 Å². The van der Waals surface area contributed by atoms with E-state index in [4.69, 9.17) is 26.1 Å². The lowest BCUT2D eigenvalue weighted by Crippen LogP contribution is -2.38. The van der Waals surface area contributed by atoms with Crippen molar-refractivity contribution < 1.29 is 9.47 Å². The van der Waals surface area contributed by atoms with E-state index < -0.39 is 0 Å². The molecular weight excluding hydrogens is 408 g/mol. The van der Waals surface area contributed by atoms with Gasteiger partial charge in [-0.05, 0) is 32.0 Å². The summed E-state index contributed by atoms with van der Waals surface area (Å²) in [6, 6.07) is 8.25.